The molecule has 110 valence electrons. The fourth-order valence-corrected chi connectivity index (χ4v) is 3.02. The Morgan fingerprint density at radius 2 is 2.09 bits per heavy atom. The van der Waals surface area contributed by atoms with Crippen LogP contribution in [0.1, 0.15) is 24.3 Å². The molecule has 1 aliphatic rings. The maximum atomic E-state index is 10.5. The quantitative estimate of drug-likeness (QED) is 0.688. The van der Waals surface area contributed by atoms with Crippen molar-refractivity contribution < 1.29 is 9.63 Å². The van der Waals surface area contributed by atoms with Crippen LogP contribution >= 0.6 is 11.6 Å². The van der Waals surface area contributed by atoms with Crippen molar-refractivity contribution in [1.82, 2.24) is 9.71 Å². The molecule has 0 saturated heterocycles. The lowest BCUT2D eigenvalue weighted by Gasteiger charge is -2.08. The fourth-order valence-electron chi connectivity index (χ4n) is 2.72. The molecule has 0 aliphatic heterocycles. The maximum Gasteiger partial charge on any atom is 0.321 e. The zero-order valence-electron chi connectivity index (χ0n) is 11.7. The molecule has 1 saturated carbocycles. The second-order valence-corrected chi connectivity index (χ2v) is 5.90. The molecule has 0 spiro atoms. The molecule has 4 rings (SSSR count). The number of nitrogens with zero attached hydrogens (tertiary/aromatic N) is 2. The number of halogens is 1. The van der Waals surface area contributed by atoms with E-state index in [0.29, 0.717) is 12.4 Å². The van der Waals surface area contributed by atoms with E-state index in [1.165, 1.54) is 29.5 Å². The second-order valence-electron chi connectivity index (χ2n) is 5.49. The predicted molar refractivity (Wildman–Crippen MR) is 84.8 cm³/mol. The van der Waals surface area contributed by atoms with Crippen LogP contribution in [-0.2, 0) is 4.79 Å². The van der Waals surface area contributed by atoms with Gasteiger partial charge in [-0.25, -0.2) is 4.98 Å². The van der Waals surface area contributed by atoms with E-state index < -0.39 is 0 Å². The van der Waals surface area contributed by atoms with E-state index in [0.717, 1.165) is 27.2 Å². The number of carbonyl (C=O) groups is 1. The Morgan fingerprint density at radius 1 is 1.23 bits per heavy atom. The van der Waals surface area contributed by atoms with E-state index in [-0.39, 0.29) is 0 Å². The number of hydrogen-bond acceptors (Lipinski definition) is 3. The van der Waals surface area contributed by atoms with Gasteiger partial charge in [0.25, 0.3) is 0 Å². The van der Waals surface area contributed by atoms with Crippen LogP contribution in [0.2, 0.25) is 5.02 Å². The molecular formula is C17H13ClN2O2. The maximum absolute atomic E-state index is 10.5. The van der Waals surface area contributed by atoms with Gasteiger partial charge in [-0.3, -0.25) is 4.79 Å². The molecule has 0 radical (unpaired) electrons. The van der Waals surface area contributed by atoms with E-state index in [9.17, 15) is 4.79 Å². The fraction of sp³-hybridized carbons (Fsp3) is 0.176. The van der Waals surface area contributed by atoms with E-state index in [4.69, 9.17) is 16.4 Å². The standard InChI is InChI=1S/C17H13ClN2O2/c18-15-7-12(11-1-2-11)3-5-14(15)13-4-6-16-17(8-13)20(9-19-16)22-10-21/h3-11H,1-2H2. The highest BCUT2D eigenvalue weighted by atomic mass is 35.5. The highest BCUT2D eigenvalue weighted by Crippen LogP contribution is 2.42. The lowest BCUT2D eigenvalue weighted by atomic mass is 10.0. The van der Waals surface area contributed by atoms with Crippen LogP contribution in [0.15, 0.2) is 42.7 Å². The summed E-state index contributed by atoms with van der Waals surface area (Å²) in [4.78, 5) is 19.6. The van der Waals surface area contributed by atoms with Gasteiger partial charge in [0.2, 0.25) is 0 Å². The third-order valence-corrected chi connectivity index (χ3v) is 4.34. The molecule has 0 atom stereocenters. The van der Waals surface area contributed by atoms with Gasteiger partial charge < -0.3 is 4.84 Å². The SMILES string of the molecule is O=COn1cnc2ccc(-c3ccc(C4CC4)cc3Cl)cc21. The minimum atomic E-state index is 0.380. The normalized spacial score (nSPS) is 14.2. The van der Waals surface area contributed by atoms with Crippen LogP contribution in [0, 0.1) is 0 Å². The van der Waals surface area contributed by atoms with E-state index in [1.807, 2.05) is 18.2 Å². The molecule has 0 N–H and O–H groups in total. The van der Waals surface area contributed by atoms with Crippen LogP contribution in [0.25, 0.3) is 22.2 Å². The summed E-state index contributed by atoms with van der Waals surface area (Å²) in [6.07, 6.45) is 3.98. The number of carbonyl (C=O) groups excluding carboxylic acids is 1. The Morgan fingerprint density at radius 3 is 2.82 bits per heavy atom. The van der Waals surface area contributed by atoms with Gasteiger partial charge in [0, 0.05) is 10.6 Å². The highest BCUT2D eigenvalue weighted by Gasteiger charge is 2.24. The number of fused-ring (bicyclic) bond motifs is 1. The first-order valence-corrected chi connectivity index (χ1v) is 7.52. The third-order valence-electron chi connectivity index (χ3n) is 4.02. The Labute approximate surface area is 132 Å². The van der Waals surface area contributed by atoms with Crippen molar-refractivity contribution in [3.8, 4) is 11.1 Å². The van der Waals surface area contributed by atoms with Crippen LogP contribution in [0.4, 0.5) is 0 Å². The summed E-state index contributed by atoms with van der Waals surface area (Å²) in [5, 5.41) is 0.742. The first kappa shape index (κ1) is 13.3. The molecule has 4 nitrogen and oxygen atoms in total. The van der Waals surface area contributed by atoms with Crippen molar-refractivity contribution in [3.63, 3.8) is 0 Å². The van der Waals surface area contributed by atoms with Crippen LogP contribution in [-0.4, -0.2) is 16.2 Å². The third kappa shape index (κ3) is 2.25. The summed E-state index contributed by atoms with van der Waals surface area (Å²) < 4.78 is 1.35. The summed E-state index contributed by atoms with van der Waals surface area (Å²) in [6.45, 7) is 0.380. The average molecular weight is 313 g/mol. The van der Waals surface area contributed by atoms with Crippen LogP contribution in [0.5, 0.6) is 0 Å². The second kappa shape index (κ2) is 5.14. The van der Waals surface area contributed by atoms with Gasteiger partial charge in [0.1, 0.15) is 11.8 Å². The van der Waals surface area contributed by atoms with Crippen LogP contribution < -0.4 is 4.84 Å². The molecule has 3 aromatic rings. The van der Waals surface area contributed by atoms with Gasteiger partial charge >= 0.3 is 6.47 Å². The molecule has 1 fully saturated rings. The molecule has 1 aromatic heterocycles. The zero-order chi connectivity index (χ0) is 15.1. The van der Waals surface area contributed by atoms with Crippen LogP contribution in [0.3, 0.4) is 0 Å². The van der Waals surface area contributed by atoms with E-state index in [1.54, 1.807) is 0 Å². The Kier molecular flexibility index (Phi) is 3.12. The summed E-state index contributed by atoms with van der Waals surface area (Å²) in [6, 6.07) is 12.0. The minimum Gasteiger partial charge on any atom is -0.338 e. The van der Waals surface area contributed by atoms with Gasteiger partial charge in [-0.2, -0.15) is 4.73 Å². The largest absolute Gasteiger partial charge is 0.338 e. The summed E-state index contributed by atoms with van der Waals surface area (Å²) in [7, 11) is 0. The molecule has 5 heteroatoms. The molecule has 0 bridgehead atoms. The lowest BCUT2D eigenvalue weighted by molar-refractivity contribution is -0.128. The summed E-state index contributed by atoms with van der Waals surface area (Å²) in [5.41, 5.74) is 4.73. The molecule has 22 heavy (non-hydrogen) atoms. The Hall–Kier alpha value is -2.33. The topological polar surface area (TPSA) is 44.1 Å². The molecule has 1 aliphatic carbocycles. The van der Waals surface area contributed by atoms with Gasteiger partial charge in [-0.15, -0.1) is 0 Å². The van der Waals surface area contributed by atoms with Crippen molar-refractivity contribution in [2.75, 3.05) is 0 Å². The number of imidazole rings is 1. The van der Waals surface area contributed by atoms with Gasteiger partial charge in [0.15, 0.2) is 0 Å². The van der Waals surface area contributed by atoms with Gasteiger partial charge in [-0.1, -0.05) is 29.8 Å². The molecule has 1 heterocycles. The van der Waals surface area contributed by atoms with Gasteiger partial charge in [-0.05, 0) is 48.1 Å². The number of benzene rings is 2. The first-order valence-electron chi connectivity index (χ1n) is 7.14. The van der Waals surface area contributed by atoms with Crippen molar-refractivity contribution in [2.45, 2.75) is 18.8 Å². The van der Waals surface area contributed by atoms with Crippen molar-refractivity contribution in [3.05, 3.63) is 53.3 Å². The minimum absolute atomic E-state index is 0.380. The predicted octanol–water partition coefficient (Wildman–Crippen LogP) is 3.82. The molecule has 2 aromatic carbocycles. The van der Waals surface area contributed by atoms with Crippen molar-refractivity contribution in [2.24, 2.45) is 0 Å². The number of rotatable bonds is 4. The van der Waals surface area contributed by atoms with E-state index in [2.05, 4.69) is 23.2 Å². The van der Waals surface area contributed by atoms with Crippen molar-refractivity contribution >= 4 is 29.1 Å². The Balaban J connectivity index is 1.79. The highest BCUT2D eigenvalue weighted by molar-refractivity contribution is 6.33. The van der Waals surface area contributed by atoms with Crippen molar-refractivity contribution in [1.29, 1.82) is 0 Å². The summed E-state index contributed by atoms with van der Waals surface area (Å²) >= 11 is 6.45. The smallest absolute Gasteiger partial charge is 0.321 e. The number of aromatic nitrogens is 2. The van der Waals surface area contributed by atoms with Gasteiger partial charge in [0.05, 0.1) is 5.52 Å². The van der Waals surface area contributed by atoms with E-state index >= 15 is 0 Å². The zero-order valence-corrected chi connectivity index (χ0v) is 12.5. The monoisotopic (exact) mass is 312 g/mol. The molecular weight excluding hydrogens is 300 g/mol. The summed E-state index contributed by atoms with van der Waals surface area (Å²) in [5.74, 6) is 0.677. The lowest BCUT2D eigenvalue weighted by Crippen LogP contribution is -2.06. The molecule has 0 unspecified atom stereocenters. The molecule has 0 amide bonds. The first-order chi connectivity index (χ1) is 10.8. The number of hydrogen-bond donors (Lipinski definition) is 0. The Bertz CT molecular complexity index is 868. The average Bonchev–Trinajstić information content (AvgIpc) is 3.30.